The van der Waals surface area contributed by atoms with E-state index in [2.05, 4.69) is 52.0 Å². The Morgan fingerprint density at radius 2 is 1.90 bits per heavy atom. The van der Waals surface area contributed by atoms with Crippen LogP contribution in [0.15, 0.2) is 34.9 Å². The highest BCUT2D eigenvalue weighted by Crippen LogP contribution is 2.29. The first-order valence-corrected chi connectivity index (χ1v) is 8.44. The van der Waals surface area contributed by atoms with Gasteiger partial charge in [-0.15, -0.1) is 0 Å². The van der Waals surface area contributed by atoms with Crippen LogP contribution >= 0.6 is 27.3 Å². The lowest BCUT2D eigenvalue weighted by molar-refractivity contribution is 0.626. The normalized spacial score (nSPS) is 11.6. The number of aromatic nitrogens is 3. The fourth-order valence-corrected chi connectivity index (χ4v) is 3.69. The second-order valence-electron chi connectivity index (χ2n) is 4.81. The average Bonchev–Trinajstić information content (AvgIpc) is 2.99. The van der Waals surface area contributed by atoms with Crippen molar-refractivity contribution in [3.63, 3.8) is 0 Å². The SMILES string of the molecule is CCC(CC)c1nn2cc(-c3ccc(Br)cc3)nc2s1. The lowest BCUT2D eigenvalue weighted by Crippen LogP contribution is -1.95. The second kappa shape index (κ2) is 5.66. The second-order valence-corrected chi connectivity index (χ2v) is 6.72. The van der Waals surface area contributed by atoms with Gasteiger partial charge in [0.05, 0.1) is 11.9 Å². The number of rotatable bonds is 4. The molecule has 0 saturated heterocycles. The summed E-state index contributed by atoms with van der Waals surface area (Å²) in [5.41, 5.74) is 2.10. The first-order valence-electron chi connectivity index (χ1n) is 6.83. The molecule has 0 bridgehead atoms. The summed E-state index contributed by atoms with van der Waals surface area (Å²) in [4.78, 5) is 5.66. The Morgan fingerprint density at radius 1 is 1.20 bits per heavy atom. The van der Waals surface area contributed by atoms with Crippen LogP contribution in [0.1, 0.15) is 37.6 Å². The standard InChI is InChI=1S/C15H16BrN3S/c1-3-10(4-2)14-18-19-9-13(17-15(19)20-14)11-5-7-12(16)8-6-11/h5-10H,3-4H2,1-2H3. The highest BCUT2D eigenvalue weighted by Gasteiger charge is 2.15. The van der Waals surface area contributed by atoms with Crippen LogP contribution in [0.3, 0.4) is 0 Å². The van der Waals surface area contributed by atoms with Gasteiger partial charge >= 0.3 is 0 Å². The molecule has 0 aliphatic heterocycles. The largest absolute Gasteiger partial charge is 0.217 e. The zero-order valence-electron chi connectivity index (χ0n) is 11.5. The topological polar surface area (TPSA) is 30.2 Å². The minimum atomic E-state index is 0.554. The summed E-state index contributed by atoms with van der Waals surface area (Å²) >= 11 is 5.16. The third kappa shape index (κ3) is 2.52. The van der Waals surface area contributed by atoms with Gasteiger partial charge in [-0.25, -0.2) is 9.50 Å². The van der Waals surface area contributed by atoms with E-state index in [1.807, 2.05) is 22.8 Å². The third-order valence-electron chi connectivity index (χ3n) is 3.53. The van der Waals surface area contributed by atoms with E-state index < -0.39 is 0 Å². The Labute approximate surface area is 130 Å². The number of benzene rings is 1. The monoisotopic (exact) mass is 349 g/mol. The molecule has 1 aromatic carbocycles. The lowest BCUT2D eigenvalue weighted by atomic mass is 10.1. The van der Waals surface area contributed by atoms with E-state index in [1.54, 1.807) is 11.3 Å². The molecule has 20 heavy (non-hydrogen) atoms. The molecule has 0 unspecified atom stereocenters. The molecule has 0 aliphatic rings. The summed E-state index contributed by atoms with van der Waals surface area (Å²) in [5, 5.41) is 5.88. The lowest BCUT2D eigenvalue weighted by Gasteiger charge is -2.05. The van der Waals surface area contributed by atoms with Gasteiger partial charge in [-0.3, -0.25) is 0 Å². The van der Waals surface area contributed by atoms with Gasteiger partial charge in [-0.2, -0.15) is 5.10 Å². The molecule has 5 heteroatoms. The van der Waals surface area contributed by atoms with Crippen LogP contribution in [0, 0.1) is 0 Å². The number of fused-ring (bicyclic) bond motifs is 1. The van der Waals surface area contributed by atoms with Crippen molar-refractivity contribution >= 4 is 32.2 Å². The van der Waals surface area contributed by atoms with Crippen molar-refractivity contribution < 1.29 is 0 Å². The fraction of sp³-hybridized carbons (Fsp3) is 0.333. The summed E-state index contributed by atoms with van der Waals surface area (Å²) in [7, 11) is 0. The number of imidazole rings is 1. The summed E-state index contributed by atoms with van der Waals surface area (Å²) in [6, 6.07) is 8.20. The first kappa shape index (κ1) is 13.8. The Hall–Kier alpha value is -1.20. The predicted molar refractivity (Wildman–Crippen MR) is 87.3 cm³/mol. The van der Waals surface area contributed by atoms with Gasteiger partial charge in [0, 0.05) is 16.0 Å². The Bertz CT molecular complexity index is 679. The van der Waals surface area contributed by atoms with Crippen LogP contribution in [-0.4, -0.2) is 14.6 Å². The Kier molecular flexibility index (Phi) is 3.89. The molecule has 2 heterocycles. The van der Waals surface area contributed by atoms with Gasteiger partial charge in [0.1, 0.15) is 5.01 Å². The average molecular weight is 350 g/mol. The van der Waals surface area contributed by atoms with E-state index in [0.29, 0.717) is 5.92 Å². The molecule has 0 amide bonds. The van der Waals surface area contributed by atoms with Gasteiger partial charge < -0.3 is 0 Å². The maximum absolute atomic E-state index is 4.69. The van der Waals surface area contributed by atoms with Crippen LogP contribution in [0.5, 0.6) is 0 Å². The maximum atomic E-state index is 4.69. The highest BCUT2D eigenvalue weighted by atomic mass is 79.9. The smallest absolute Gasteiger partial charge is 0.212 e. The molecule has 3 nitrogen and oxygen atoms in total. The van der Waals surface area contributed by atoms with E-state index in [4.69, 9.17) is 0 Å². The molecular weight excluding hydrogens is 334 g/mol. The number of hydrogen-bond acceptors (Lipinski definition) is 3. The molecule has 0 radical (unpaired) electrons. The van der Waals surface area contributed by atoms with Gasteiger partial charge in [0.25, 0.3) is 0 Å². The van der Waals surface area contributed by atoms with Crippen LogP contribution in [0.4, 0.5) is 0 Å². The Morgan fingerprint density at radius 3 is 2.50 bits per heavy atom. The van der Waals surface area contributed by atoms with E-state index >= 15 is 0 Å². The maximum Gasteiger partial charge on any atom is 0.212 e. The number of hydrogen-bond donors (Lipinski definition) is 0. The molecule has 0 N–H and O–H groups in total. The minimum absolute atomic E-state index is 0.554. The number of nitrogens with zero attached hydrogens (tertiary/aromatic N) is 3. The van der Waals surface area contributed by atoms with E-state index in [-0.39, 0.29) is 0 Å². The highest BCUT2D eigenvalue weighted by molar-refractivity contribution is 9.10. The summed E-state index contributed by atoms with van der Waals surface area (Å²) in [5.74, 6) is 0.554. The molecule has 3 aromatic rings. The van der Waals surface area contributed by atoms with Crippen LogP contribution in [0.2, 0.25) is 0 Å². The number of halogens is 1. The van der Waals surface area contributed by atoms with E-state index in [0.717, 1.165) is 33.5 Å². The summed E-state index contributed by atoms with van der Waals surface area (Å²) in [6.07, 6.45) is 4.28. The molecular formula is C15H16BrN3S. The third-order valence-corrected chi connectivity index (χ3v) is 5.15. The molecule has 0 spiro atoms. The van der Waals surface area contributed by atoms with Crippen molar-refractivity contribution in [2.24, 2.45) is 0 Å². The molecule has 3 rings (SSSR count). The molecule has 2 aromatic heterocycles. The molecule has 0 atom stereocenters. The predicted octanol–water partition coefficient (Wildman–Crippen LogP) is 5.12. The van der Waals surface area contributed by atoms with Gasteiger partial charge in [-0.1, -0.05) is 53.2 Å². The fourth-order valence-electron chi connectivity index (χ4n) is 2.28. The quantitative estimate of drug-likeness (QED) is 0.653. The van der Waals surface area contributed by atoms with Crippen LogP contribution in [-0.2, 0) is 0 Å². The van der Waals surface area contributed by atoms with Crippen LogP contribution < -0.4 is 0 Å². The minimum Gasteiger partial charge on any atom is -0.217 e. The van der Waals surface area contributed by atoms with E-state index in [1.165, 1.54) is 5.01 Å². The van der Waals surface area contributed by atoms with Crippen molar-refractivity contribution in [3.8, 4) is 11.3 Å². The first-order chi connectivity index (χ1) is 9.71. The van der Waals surface area contributed by atoms with E-state index in [9.17, 15) is 0 Å². The molecule has 104 valence electrons. The zero-order valence-corrected chi connectivity index (χ0v) is 13.9. The van der Waals surface area contributed by atoms with Crippen LogP contribution in [0.25, 0.3) is 16.2 Å². The van der Waals surface area contributed by atoms with Crippen molar-refractivity contribution in [1.82, 2.24) is 14.6 Å². The van der Waals surface area contributed by atoms with Gasteiger partial charge in [-0.05, 0) is 25.0 Å². The van der Waals surface area contributed by atoms with Crippen molar-refractivity contribution in [3.05, 3.63) is 39.9 Å². The molecule has 0 fully saturated rings. The molecule has 0 aliphatic carbocycles. The van der Waals surface area contributed by atoms with Gasteiger partial charge in [0.15, 0.2) is 0 Å². The van der Waals surface area contributed by atoms with Crippen molar-refractivity contribution in [2.45, 2.75) is 32.6 Å². The Balaban J connectivity index is 1.96. The van der Waals surface area contributed by atoms with Crippen molar-refractivity contribution in [2.75, 3.05) is 0 Å². The summed E-state index contributed by atoms with van der Waals surface area (Å²) in [6.45, 7) is 4.43. The van der Waals surface area contributed by atoms with Crippen molar-refractivity contribution in [1.29, 1.82) is 0 Å². The molecule has 0 saturated carbocycles. The summed E-state index contributed by atoms with van der Waals surface area (Å²) < 4.78 is 2.99. The zero-order chi connectivity index (χ0) is 14.1. The van der Waals surface area contributed by atoms with Gasteiger partial charge in [0.2, 0.25) is 4.96 Å².